The zero-order valence-electron chi connectivity index (χ0n) is 37.0. The lowest BCUT2D eigenvalue weighted by atomic mass is 9.85. The molecule has 0 aliphatic rings. The van der Waals surface area contributed by atoms with Gasteiger partial charge in [-0.1, -0.05) is 229 Å². The third-order valence-electron chi connectivity index (χ3n) is 11.0. The van der Waals surface area contributed by atoms with E-state index in [1.54, 1.807) is 0 Å². The molecular weight excluding hydrogens is 653 g/mol. The summed E-state index contributed by atoms with van der Waals surface area (Å²) in [6.45, 7) is 6.79. The highest BCUT2D eigenvalue weighted by Crippen LogP contribution is 2.29. The highest BCUT2D eigenvalue weighted by Gasteiger charge is 2.25. The largest absolute Gasteiger partial charge is 0.390 e. The Balaban J connectivity index is 4.26. The van der Waals surface area contributed by atoms with Crippen LogP contribution in [0.5, 0.6) is 0 Å². The molecule has 0 heterocycles. The summed E-state index contributed by atoms with van der Waals surface area (Å²) < 4.78 is 0. The van der Waals surface area contributed by atoms with E-state index in [0.29, 0.717) is 0 Å². The summed E-state index contributed by atoms with van der Waals surface area (Å²) in [5.74, 6) is 0. The Kier molecular flexibility index (Phi) is 44.4. The molecule has 0 unspecified atom stereocenters. The molecule has 0 saturated heterocycles. The standard InChI is InChI=1S/C53H96O/c1-4-7-10-13-16-19-22-25-28-31-34-37-40-43-46-49-52-53(54,50-47-44-41-38-35-32-29-26-23-20-17-14-11-8-5-2)51-48-45-42-39-36-33-30-27-24-21-18-15-12-9-6-3/h14-19,23-28,54H,4-13,20-22,29-52H2,1-3H3. The maximum absolute atomic E-state index is 11.8. The van der Waals surface area contributed by atoms with Crippen LogP contribution in [0.2, 0.25) is 0 Å². The molecule has 0 fully saturated rings. The minimum atomic E-state index is -0.430. The molecule has 0 rings (SSSR count). The maximum Gasteiger partial charge on any atom is 0.0647 e. The van der Waals surface area contributed by atoms with Crippen LogP contribution in [0.25, 0.3) is 0 Å². The van der Waals surface area contributed by atoms with Crippen LogP contribution in [0.1, 0.15) is 258 Å². The van der Waals surface area contributed by atoms with E-state index in [0.717, 1.165) is 38.5 Å². The van der Waals surface area contributed by atoms with Crippen molar-refractivity contribution in [2.75, 3.05) is 0 Å². The Labute approximate surface area is 340 Å². The van der Waals surface area contributed by atoms with Gasteiger partial charge in [-0.3, -0.25) is 0 Å². The predicted molar refractivity (Wildman–Crippen MR) is 248 cm³/mol. The first-order valence-electron chi connectivity index (χ1n) is 24.3. The molecular formula is C53H96O. The van der Waals surface area contributed by atoms with Crippen molar-refractivity contribution in [3.05, 3.63) is 72.9 Å². The zero-order valence-corrected chi connectivity index (χ0v) is 37.0. The zero-order chi connectivity index (χ0) is 39.1. The van der Waals surface area contributed by atoms with E-state index in [4.69, 9.17) is 0 Å². The molecule has 0 aliphatic carbocycles. The van der Waals surface area contributed by atoms with Gasteiger partial charge in [0.05, 0.1) is 5.60 Å². The van der Waals surface area contributed by atoms with Crippen LogP contribution in [-0.2, 0) is 0 Å². The van der Waals surface area contributed by atoms with Crippen molar-refractivity contribution in [3.8, 4) is 0 Å². The van der Waals surface area contributed by atoms with E-state index < -0.39 is 5.60 Å². The lowest BCUT2D eigenvalue weighted by Gasteiger charge is -2.29. The number of rotatable bonds is 43. The highest BCUT2D eigenvalue weighted by molar-refractivity contribution is 4.94. The van der Waals surface area contributed by atoms with Crippen molar-refractivity contribution in [3.63, 3.8) is 0 Å². The summed E-state index contributed by atoms with van der Waals surface area (Å²) in [5, 5.41) is 11.8. The summed E-state index contributed by atoms with van der Waals surface area (Å²) in [4.78, 5) is 0. The summed E-state index contributed by atoms with van der Waals surface area (Å²) in [7, 11) is 0. The van der Waals surface area contributed by atoms with Crippen molar-refractivity contribution in [1.29, 1.82) is 0 Å². The van der Waals surface area contributed by atoms with Crippen molar-refractivity contribution in [2.45, 2.75) is 264 Å². The molecule has 1 nitrogen and oxygen atoms in total. The normalized spacial score (nSPS) is 13.8. The molecule has 0 bridgehead atoms. The number of unbranched alkanes of at least 4 members (excludes halogenated alkanes) is 25. The van der Waals surface area contributed by atoms with Gasteiger partial charge in [0.25, 0.3) is 0 Å². The molecule has 0 aromatic carbocycles. The fraction of sp³-hybridized carbons (Fsp3) is 0.774. The number of aliphatic hydroxyl groups is 1. The van der Waals surface area contributed by atoms with Crippen molar-refractivity contribution < 1.29 is 5.11 Å². The lowest BCUT2D eigenvalue weighted by Crippen LogP contribution is -2.28. The van der Waals surface area contributed by atoms with E-state index in [2.05, 4.69) is 93.7 Å². The Hall–Kier alpha value is -1.60. The van der Waals surface area contributed by atoms with Crippen LogP contribution in [-0.4, -0.2) is 10.7 Å². The first kappa shape index (κ1) is 52.4. The molecule has 0 saturated carbocycles. The first-order valence-corrected chi connectivity index (χ1v) is 24.3. The fourth-order valence-corrected chi connectivity index (χ4v) is 7.32. The molecule has 0 aliphatic heterocycles. The summed E-state index contributed by atoms with van der Waals surface area (Å²) in [6.07, 6.45) is 74.6. The van der Waals surface area contributed by atoms with E-state index in [1.165, 1.54) is 199 Å². The van der Waals surface area contributed by atoms with Gasteiger partial charge in [0, 0.05) is 0 Å². The van der Waals surface area contributed by atoms with Crippen molar-refractivity contribution >= 4 is 0 Å². The Morgan fingerprint density at radius 2 is 0.481 bits per heavy atom. The van der Waals surface area contributed by atoms with Crippen LogP contribution in [0, 0.1) is 0 Å². The number of hydrogen-bond donors (Lipinski definition) is 1. The van der Waals surface area contributed by atoms with Crippen LogP contribution in [0.15, 0.2) is 72.9 Å². The molecule has 54 heavy (non-hydrogen) atoms. The van der Waals surface area contributed by atoms with Crippen molar-refractivity contribution in [2.24, 2.45) is 0 Å². The van der Waals surface area contributed by atoms with Gasteiger partial charge in [-0.25, -0.2) is 0 Å². The van der Waals surface area contributed by atoms with Gasteiger partial charge in [0.15, 0.2) is 0 Å². The molecule has 0 atom stereocenters. The molecule has 1 heteroatoms. The first-order chi connectivity index (χ1) is 26.7. The molecule has 0 radical (unpaired) electrons. The minimum Gasteiger partial charge on any atom is -0.390 e. The Morgan fingerprint density at radius 3 is 0.759 bits per heavy atom. The molecule has 314 valence electrons. The smallest absolute Gasteiger partial charge is 0.0647 e. The van der Waals surface area contributed by atoms with E-state index >= 15 is 0 Å². The molecule has 0 aromatic heterocycles. The van der Waals surface area contributed by atoms with Gasteiger partial charge >= 0.3 is 0 Å². The second-order valence-electron chi connectivity index (χ2n) is 16.5. The summed E-state index contributed by atoms with van der Waals surface area (Å²) in [5.41, 5.74) is -0.430. The number of allylic oxidation sites excluding steroid dienone is 12. The predicted octanol–water partition coefficient (Wildman–Crippen LogP) is 18.5. The highest BCUT2D eigenvalue weighted by atomic mass is 16.3. The fourth-order valence-electron chi connectivity index (χ4n) is 7.32. The topological polar surface area (TPSA) is 20.2 Å². The molecule has 0 spiro atoms. The summed E-state index contributed by atoms with van der Waals surface area (Å²) in [6, 6.07) is 0. The van der Waals surface area contributed by atoms with E-state index in [9.17, 15) is 5.11 Å². The van der Waals surface area contributed by atoms with Gasteiger partial charge in [0.2, 0.25) is 0 Å². The van der Waals surface area contributed by atoms with E-state index in [-0.39, 0.29) is 0 Å². The second-order valence-corrected chi connectivity index (χ2v) is 16.5. The average molecular weight is 749 g/mol. The van der Waals surface area contributed by atoms with E-state index in [1.807, 2.05) is 0 Å². The number of hydrogen-bond acceptors (Lipinski definition) is 1. The van der Waals surface area contributed by atoms with Gasteiger partial charge < -0.3 is 5.11 Å². The third-order valence-corrected chi connectivity index (χ3v) is 11.0. The van der Waals surface area contributed by atoms with Crippen LogP contribution >= 0.6 is 0 Å². The maximum atomic E-state index is 11.8. The van der Waals surface area contributed by atoms with Crippen molar-refractivity contribution in [1.82, 2.24) is 0 Å². The van der Waals surface area contributed by atoms with Gasteiger partial charge in [-0.15, -0.1) is 0 Å². The lowest BCUT2D eigenvalue weighted by molar-refractivity contribution is 0.00704. The molecule has 0 amide bonds. The monoisotopic (exact) mass is 749 g/mol. The summed E-state index contributed by atoms with van der Waals surface area (Å²) >= 11 is 0. The quantitative estimate of drug-likeness (QED) is 0.0486. The third kappa shape index (κ3) is 43.1. The van der Waals surface area contributed by atoms with Crippen LogP contribution in [0.3, 0.4) is 0 Å². The van der Waals surface area contributed by atoms with Crippen LogP contribution in [0.4, 0.5) is 0 Å². The second kappa shape index (κ2) is 45.8. The van der Waals surface area contributed by atoms with Gasteiger partial charge in [-0.2, -0.15) is 0 Å². The minimum absolute atomic E-state index is 0.430. The Bertz CT molecular complexity index is 839. The molecule has 0 aromatic rings. The molecule has 1 N–H and O–H groups in total. The van der Waals surface area contributed by atoms with Gasteiger partial charge in [0.1, 0.15) is 0 Å². The van der Waals surface area contributed by atoms with Gasteiger partial charge in [-0.05, 0) is 103 Å². The SMILES string of the molecule is CCCCC=CCC=CCCCCCCCCC(O)(CCCCCCCCC=CCC=CCCCC)CCCCCCCCC=CCC=CCCCCC. The average Bonchev–Trinajstić information content (AvgIpc) is 3.17. The Morgan fingerprint density at radius 1 is 0.259 bits per heavy atom. The van der Waals surface area contributed by atoms with Crippen LogP contribution < -0.4 is 0 Å².